The number of alkyl halides is 1. The second-order valence-corrected chi connectivity index (χ2v) is 4.32. The van der Waals surface area contributed by atoms with E-state index in [0.29, 0.717) is 17.0 Å². The van der Waals surface area contributed by atoms with Crippen molar-refractivity contribution in [1.29, 1.82) is 0 Å². The lowest BCUT2D eigenvalue weighted by molar-refractivity contribution is -0.382. The number of nitrogens with zero attached hydrogens (tertiary/aromatic N) is 1. The molecule has 16 heavy (non-hydrogen) atoms. The largest absolute Gasteiger partial charge is 0.497 e. The third kappa shape index (κ3) is 1.72. The first-order valence-corrected chi connectivity index (χ1v) is 5.87. The Bertz CT molecular complexity index is 552. The quantitative estimate of drug-likeness (QED) is 0.480. The zero-order valence-electron chi connectivity index (χ0n) is 8.40. The van der Waals surface area contributed by atoms with Crippen molar-refractivity contribution < 1.29 is 9.66 Å². The van der Waals surface area contributed by atoms with Crippen LogP contribution >= 0.6 is 22.9 Å². The molecule has 0 saturated carbocycles. The maximum Gasteiger partial charge on any atom is 0.287 e. The maximum absolute atomic E-state index is 10.8. The molecule has 4 nitrogen and oxygen atoms in total. The molecule has 0 amide bonds. The standard InChI is InChI=1S/C10H8ClNO3S/c1-15-7-2-6(4-11)10-8(3-7)9(5-16-10)12(13)14/h2-3,5H,4H2,1H3. The van der Waals surface area contributed by atoms with Crippen LogP contribution < -0.4 is 4.74 Å². The summed E-state index contributed by atoms with van der Waals surface area (Å²) in [6.07, 6.45) is 0. The van der Waals surface area contributed by atoms with Crippen LogP contribution in [-0.2, 0) is 5.88 Å². The number of rotatable bonds is 3. The summed E-state index contributed by atoms with van der Waals surface area (Å²) >= 11 is 7.14. The second kappa shape index (κ2) is 4.27. The molecule has 0 aliphatic carbocycles. The Labute approximate surface area is 101 Å². The summed E-state index contributed by atoms with van der Waals surface area (Å²) in [5.74, 6) is 0.899. The monoisotopic (exact) mass is 257 g/mol. The first kappa shape index (κ1) is 11.2. The SMILES string of the molecule is COc1cc(CCl)c2scc([N+](=O)[O-])c2c1. The van der Waals surface area contributed by atoms with Crippen LogP contribution in [0.25, 0.3) is 10.1 Å². The van der Waals surface area contributed by atoms with Gasteiger partial charge in [0.2, 0.25) is 0 Å². The zero-order valence-corrected chi connectivity index (χ0v) is 9.97. The fourth-order valence-electron chi connectivity index (χ4n) is 1.53. The summed E-state index contributed by atoms with van der Waals surface area (Å²) in [6, 6.07) is 3.47. The van der Waals surface area contributed by atoms with Gasteiger partial charge in [0.05, 0.1) is 22.8 Å². The highest BCUT2D eigenvalue weighted by Gasteiger charge is 2.17. The Balaban J connectivity index is 2.76. The van der Waals surface area contributed by atoms with Gasteiger partial charge in [-0.3, -0.25) is 10.1 Å². The molecule has 6 heteroatoms. The van der Waals surface area contributed by atoms with Crippen molar-refractivity contribution in [2.45, 2.75) is 5.88 Å². The summed E-state index contributed by atoms with van der Waals surface area (Å²) in [7, 11) is 1.53. The number of benzene rings is 1. The van der Waals surface area contributed by atoms with E-state index in [1.165, 1.54) is 23.8 Å². The van der Waals surface area contributed by atoms with Gasteiger partial charge in [-0.2, -0.15) is 0 Å². The summed E-state index contributed by atoms with van der Waals surface area (Å²) in [5, 5.41) is 12.9. The van der Waals surface area contributed by atoms with Crippen LogP contribution in [0.2, 0.25) is 0 Å². The number of fused-ring (bicyclic) bond motifs is 1. The highest BCUT2D eigenvalue weighted by atomic mass is 35.5. The van der Waals surface area contributed by atoms with Gasteiger partial charge in [-0.15, -0.1) is 22.9 Å². The first-order chi connectivity index (χ1) is 7.67. The van der Waals surface area contributed by atoms with E-state index in [-0.39, 0.29) is 5.69 Å². The molecule has 0 saturated heterocycles. The number of hydrogen-bond acceptors (Lipinski definition) is 4. The number of hydrogen-bond donors (Lipinski definition) is 0. The van der Waals surface area contributed by atoms with Gasteiger partial charge in [0.25, 0.3) is 5.69 Å². The number of methoxy groups -OCH3 is 1. The first-order valence-electron chi connectivity index (χ1n) is 4.46. The molecule has 2 rings (SSSR count). The Kier molecular flexibility index (Phi) is 2.98. The van der Waals surface area contributed by atoms with Gasteiger partial charge in [-0.05, 0) is 17.7 Å². The molecule has 0 radical (unpaired) electrons. The van der Waals surface area contributed by atoms with Crippen LogP contribution in [0.15, 0.2) is 17.5 Å². The maximum atomic E-state index is 10.8. The zero-order chi connectivity index (χ0) is 11.7. The minimum Gasteiger partial charge on any atom is -0.497 e. The van der Waals surface area contributed by atoms with Crippen LogP contribution in [0, 0.1) is 10.1 Å². The van der Waals surface area contributed by atoms with E-state index < -0.39 is 4.92 Å². The van der Waals surface area contributed by atoms with Crippen molar-refractivity contribution >= 4 is 38.7 Å². The van der Waals surface area contributed by atoms with Gasteiger partial charge >= 0.3 is 0 Å². The van der Waals surface area contributed by atoms with E-state index >= 15 is 0 Å². The third-order valence-corrected chi connectivity index (χ3v) is 3.63. The van der Waals surface area contributed by atoms with E-state index in [0.717, 1.165) is 10.3 Å². The molecule has 0 atom stereocenters. The summed E-state index contributed by atoms with van der Waals surface area (Å²) < 4.78 is 5.94. The number of thiophene rings is 1. The molecule has 0 N–H and O–H groups in total. The summed E-state index contributed by atoms with van der Waals surface area (Å²) in [6.45, 7) is 0. The molecule has 0 spiro atoms. The number of halogens is 1. The molecule has 0 bridgehead atoms. The lowest BCUT2D eigenvalue weighted by atomic mass is 10.1. The Morgan fingerprint density at radius 1 is 1.56 bits per heavy atom. The van der Waals surface area contributed by atoms with Crippen molar-refractivity contribution in [3.8, 4) is 5.75 Å². The second-order valence-electron chi connectivity index (χ2n) is 3.17. The number of nitro groups is 1. The molecule has 1 aromatic heterocycles. The molecule has 1 heterocycles. The molecular formula is C10H8ClNO3S. The van der Waals surface area contributed by atoms with Crippen molar-refractivity contribution in [1.82, 2.24) is 0 Å². The van der Waals surface area contributed by atoms with Gasteiger partial charge < -0.3 is 4.74 Å². The lowest BCUT2D eigenvalue weighted by Crippen LogP contribution is -1.89. The topological polar surface area (TPSA) is 52.4 Å². The summed E-state index contributed by atoms with van der Waals surface area (Å²) in [5.41, 5.74) is 0.958. The van der Waals surface area contributed by atoms with Crippen molar-refractivity contribution in [2.75, 3.05) is 7.11 Å². The van der Waals surface area contributed by atoms with Gasteiger partial charge in [0.1, 0.15) is 5.75 Å². The predicted octanol–water partition coefficient (Wildman–Crippen LogP) is 3.56. The molecule has 2 aromatic rings. The average Bonchev–Trinajstić information content (AvgIpc) is 2.71. The van der Waals surface area contributed by atoms with E-state index in [2.05, 4.69) is 0 Å². The molecule has 0 unspecified atom stereocenters. The highest BCUT2D eigenvalue weighted by Crippen LogP contribution is 2.37. The van der Waals surface area contributed by atoms with Crippen LogP contribution in [-0.4, -0.2) is 12.0 Å². The minimum atomic E-state index is -0.393. The predicted molar refractivity (Wildman–Crippen MR) is 64.6 cm³/mol. The highest BCUT2D eigenvalue weighted by molar-refractivity contribution is 7.18. The van der Waals surface area contributed by atoms with Crippen molar-refractivity contribution in [2.24, 2.45) is 0 Å². The van der Waals surface area contributed by atoms with E-state index in [1.807, 2.05) is 0 Å². The van der Waals surface area contributed by atoms with E-state index in [4.69, 9.17) is 16.3 Å². The Hall–Kier alpha value is -1.33. The minimum absolute atomic E-state index is 0.102. The molecule has 0 aliphatic heterocycles. The average molecular weight is 258 g/mol. The van der Waals surface area contributed by atoms with Gasteiger partial charge in [0, 0.05) is 10.6 Å². The smallest absolute Gasteiger partial charge is 0.287 e. The lowest BCUT2D eigenvalue weighted by Gasteiger charge is -2.03. The normalized spacial score (nSPS) is 10.6. The molecule has 84 valence electrons. The summed E-state index contributed by atoms with van der Waals surface area (Å²) in [4.78, 5) is 10.4. The fraction of sp³-hybridized carbons (Fsp3) is 0.200. The van der Waals surface area contributed by atoms with Crippen molar-refractivity contribution in [3.63, 3.8) is 0 Å². The molecule has 0 fully saturated rings. The van der Waals surface area contributed by atoms with E-state index in [9.17, 15) is 10.1 Å². The van der Waals surface area contributed by atoms with Gasteiger partial charge in [0.15, 0.2) is 0 Å². The van der Waals surface area contributed by atoms with Crippen LogP contribution in [0.3, 0.4) is 0 Å². The van der Waals surface area contributed by atoms with Crippen molar-refractivity contribution in [3.05, 3.63) is 33.2 Å². The Morgan fingerprint density at radius 2 is 2.31 bits per heavy atom. The third-order valence-electron chi connectivity index (χ3n) is 2.28. The molecule has 1 aromatic carbocycles. The van der Waals surface area contributed by atoms with E-state index in [1.54, 1.807) is 12.1 Å². The fourth-order valence-corrected chi connectivity index (χ4v) is 2.83. The van der Waals surface area contributed by atoms with Gasteiger partial charge in [-0.25, -0.2) is 0 Å². The molecular weight excluding hydrogens is 250 g/mol. The van der Waals surface area contributed by atoms with Crippen LogP contribution in [0.5, 0.6) is 5.75 Å². The molecule has 0 aliphatic rings. The van der Waals surface area contributed by atoms with Gasteiger partial charge in [-0.1, -0.05) is 0 Å². The Morgan fingerprint density at radius 3 is 2.88 bits per heavy atom. The number of ether oxygens (including phenoxy) is 1. The van der Waals surface area contributed by atoms with Crippen LogP contribution in [0.1, 0.15) is 5.56 Å². The van der Waals surface area contributed by atoms with Crippen LogP contribution in [0.4, 0.5) is 5.69 Å².